The Bertz CT molecular complexity index is 1150. The van der Waals surface area contributed by atoms with Gasteiger partial charge in [0.1, 0.15) is 5.75 Å². The molecule has 0 radical (unpaired) electrons. The van der Waals surface area contributed by atoms with Gasteiger partial charge in [0, 0.05) is 12.6 Å². The maximum absolute atomic E-state index is 12.9. The second-order valence-electron chi connectivity index (χ2n) is 6.75. The van der Waals surface area contributed by atoms with E-state index in [1.165, 1.54) is 11.8 Å². The van der Waals surface area contributed by atoms with Gasteiger partial charge in [0.25, 0.3) is 5.91 Å². The molecule has 4 rings (SSSR count). The first-order valence-corrected chi connectivity index (χ1v) is 10.3. The van der Waals surface area contributed by atoms with Gasteiger partial charge in [-0.05, 0) is 52.7 Å². The van der Waals surface area contributed by atoms with Gasteiger partial charge in [0.05, 0.1) is 17.7 Å². The average molecular weight is 403 g/mol. The third kappa shape index (κ3) is 3.66. The number of methoxy groups -OCH3 is 1. The zero-order valence-corrected chi connectivity index (χ0v) is 17.5. The number of likely N-dealkylation sites (N-methyl/N-ethyl adjacent to an activating group) is 1. The number of para-hydroxylation sites is 1. The van der Waals surface area contributed by atoms with Crippen molar-refractivity contribution in [3.8, 4) is 5.75 Å². The van der Waals surface area contributed by atoms with Gasteiger partial charge in [-0.2, -0.15) is 0 Å². The van der Waals surface area contributed by atoms with E-state index in [0.717, 1.165) is 39.8 Å². The van der Waals surface area contributed by atoms with Crippen molar-refractivity contribution >= 4 is 45.4 Å². The van der Waals surface area contributed by atoms with E-state index in [1.807, 2.05) is 54.6 Å². The number of hydrogen-bond donors (Lipinski definition) is 0. The Morgan fingerprint density at radius 1 is 1.07 bits per heavy atom. The normalized spacial score (nSPS) is 16.9. The third-order valence-electron chi connectivity index (χ3n) is 5.02. The fraction of sp³-hybridized carbons (Fsp3) is 0.167. The number of carbonyl (C=O) groups is 1. The lowest BCUT2D eigenvalue weighted by atomic mass is 10.0. The maximum Gasteiger partial charge on any atom is 0.266 e. The molecule has 0 N–H and O–H groups in total. The smallest absolute Gasteiger partial charge is 0.266 e. The number of amidine groups is 1. The summed E-state index contributed by atoms with van der Waals surface area (Å²) in [6.45, 7) is 2.10. The predicted molar refractivity (Wildman–Crippen MR) is 122 cm³/mol. The fourth-order valence-corrected chi connectivity index (χ4v) is 4.37. The molecular weight excluding hydrogens is 380 g/mol. The van der Waals surface area contributed by atoms with Crippen molar-refractivity contribution in [2.24, 2.45) is 4.99 Å². The zero-order chi connectivity index (χ0) is 20.4. The second-order valence-corrected chi connectivity index (χ2v) is 7.76. The number of benzene rings is 3. The zero-order valence-electron chi connectivity index (χ0n) is 16.7. The molecule has 3 aromatic carbocycles. The van der Waals surface area contributed by atoms with Gasteiger partial charge in [-0.1, -0.05) is 55.5 Å². The number of amides is 1. The first kappa shape index (κ1) is 19.3. The van der Waals surface area contributed by atoms with Crippen LogP contribution in [0.1, 0.15) is 18.1 Å². The van der Waals surface area contributed by atoms with Crippen LogP contribution in [0.5, 0.6) is 5.75 Å². The van der Waals surface area contributed by atoms with Gasteiger partial charge in [0.15, 0.2) is 5.17 Å². The largest absolute Gasteiger partial charge is 0.496 e. The number of ether oxygens (including phenoxy) is 1. The van der Waals surface area contributed by atoms with E-state index in [9.17, 15) is 4.79 Å². The number of aliphatic imine (C=N–C) groups is 1. The summed E-state index contributed by atoms with van der Waals surface area (Å²) >= 11 is 1.40. The van der Waals surface area contributed by atoms with Crippen molar-refractivity contribution in [3.63, 3.8) is 0 Å². The summed E-state index contributed by atoms with van der Waals surface area (Å²) in [4.78, 5) is 19.9. The molecule has 0 spiro atoms. The molecule has 0 atom stereocenters. The summed E-state index contributed by atoms with van der Waals surface area (Å²) in [5.41, 5.74) is 2.97. The van der Waals surface area contributed by atoms with Crippen molar-refractivity contribution in [1.82, 2.24) is 4.90 Å². The van der Waals surface area contributed by atoms with Crippen LogP contribution in [0.3, 0.4) is 0 Å². The number of thioether (sulfide) groups is 1. The van der Waals surface area contributed by atoms with Crippen LogP contribution >= 0.6 is 11.8 Å². The molecule has 0 bridgehead atoms. The molecule has 1 fully saturated rings. The van der Waals surface area contributed by atoms with Crippen molar-refractivity contribution in [1.29, 1.82) is 0 Å². The number of hydrogen-bond acceptors (Lipinski definition) is 4. The van der Waals surface area contributed by atoms with E-state index < -0.39 is 0 Å². The summed E-state index contributed by atoms with van der Waals surface area (Å²) in [6, 6.07) is 20.1. The summed E-state index contributed by atoms with van der Waals surface area (Å²) in [5, 5.41) is 2.84. The average Bonchev–Trinajstić information content (AvgIpc) is 3.02. The number of rotatable bonds is 4. The first-order chi connectivity index (χ1) is 14.1. The Hall–Kier alpha value is -3.05. The number of aryl methyl sites for hydroxylation is 1. The Kier molecular flexibility index (Phi) is 5.41. The Morgan fingerprint density at radius 2 is 1.83 bits per heavy atom. The molecule has 1 saturated heterocycles. The van der Waals surface area contributed by atoms with Gasteiger partial charge in [-0.3, -0.25) is 9.69 Å². The lowest BCUT2D eigenvalue weighted by Crippen LogP contribution is -2.23. The molecule has 5 heteroatoms. The predicted octanol–water partition coefficient (Wildman–Crippen LogP) is 5.64. The standard InChI is InChI=1S/C24H22N2O2S/c1-4-16-9-6-8-12-20(16)25-24-26(2)23(27)22(29-24)15-19-18-11-7-5-10-17(18)13-14-21(19)28-3/h5-15H,4H2,1-3H3/b22-15+,25-24?. The maximum atomic E-state index is 12.9. The van der Waals surface area contributed by atoms with Gasteiger partial charge in [0.2, 0.25) is 0 Å². The van der Waals surface area contributed by atoms with Crippen LogP contribution in [0.25, 0.3) is 16.8 Å². The fourth-order valence-electron chi connectivity index (χ4n) is 3.41. The number of carbonyl (C=O) groups excluding carboxylic acids is 1. The molecule has 3 aromatic rings. The summed E-state index contributed by atoms with van der Waals surface area (Å²) in [6.07, 6.45) is 2.81. The molecular formula is C24H22N2O2S. The van der Waals surface area contributed by atoms with E-state index in [-0.39, 0.29) is 5.91 Å². The van der Waals surface area contributed by atoms with Crippen molar-refractivity contribution in [2.75, 3.05) is 14.2 Å². The molecule has 1 aliphatic heterocycles. The van der Waals surface area contributed by atoms with Crippen LogP contribution in [0.4, 0.5) is 5.69 Å². The molecule has 1 heterocycles. The summed E-state index contributed by atoms with van der Waals surface area (Å²) in [5.74, 6) is 0.687. The van der Waals surface area contributed by atoms with E-state index in [4.69, 9.17) is 9.73 Å². The molecule has 1 aliphatic rings. The van der Waals surface area contributed by atoms with Gasteiger partial charge < -0.3 is 4.74 Å². The van der Waals surface area contributed by atoms with Crippen molar-refractivity contribution in [3.05, 3.63) is 76.7 Å². The van der Waals surface area contributed by atoms with Crippen LogP contribution < -0.4 is 4.74 Å². The molecule has 4 nitrogen and oxygen atoms in total. The van der Waals surface area contributed by atoms with Crippen LogP contribution in [-0.4, -0.2) is 30.1 Å². The first-order valence-electron chi connectivity index (χ1n) is 9.52. The minimum absolute atomic E-state index is 0.0577. The van der Waals surface area contributed by atoms with E-state index in [0.29, 0.717) is 10.1 Å². The SMILES string of the molecule is CCc1ccccc1N=C1S/C(=C/c2c(OC)ccc3ccccc23)C(=O)N1C. The van der Waals surface area contributed by atoms with Crippen LogP contribution in [0.15, 0.2) is 70.6 Å². The summed E-state index contributed by atoms with van der Waals surface area (Å²) < 4.78 is 5.57. The van der Waals surface area contributed by atoms with Crippen LogP contribution in [0, 0.1) is 0 Å². The number of nitrogens with zero attached hydrogens (tertiary/aromatic N) is 2. The molecule has 0 aliphatic carbocycles. The lowest BCUT2D eigenvalue weighted by molar-refractivity contribution is -0.121. The molecule has 146 valence electrons. The monoisotopic (exact) mass is 402 g/mol. The van der Waals surface area contributed by atoms with Crippen molar-refractivity contribution in [2.45, 2.75) is 13.3 Å². The highest BCUT2D eigenvalue weighted by Crippen LogP contribution is 2.37. The minimum Gasteiger partial charge on any atom is -0.496 e. The Labute approximate surface area is 174 Å². The van der Waals surface area contributed by atoms with E-state index in [1.54, 1.807) is 19.1 Å². The Morgan fingerprint density at radius 3 is 2.62 bits per heavy atom. The van der Waals surface area contributed by atoms with E-state index >= 15 is 0 Å². The van der Waals surface area contributed by atoms with Gasteiger partial charge in [-0.15, -0.1) is 0 Å². The molecule has 0 aromatic heterocycles. The quantitative estimate of drug-likeness (QED) is 0.530. The van der Waals surface area contributed by atoms with Crippen molar-refractivity contribution < 1.29 is 9.53 Å². The highest BCUT2D eigenvalue weighted by Gasteiger charge is 2.31. The lowest BCUT2D eigenvalue weighted by Gasteiger charge is -2.09. The second kappa shape index (κ2) is 8.13. The van der Waals surface area contributed by atoms with Gasteiger partial charge >= 0.3 is 0 Å². The third-order valence-corrected chi connectivity index (χ3v) is 6.08. The molecule has 0 saturated carbocycles. The highest BCUT2D eigenvalue weighted by atomic mass is 32.2. The topological polar surface area (TPSA) is 41.9 Å². The number of fused-ring (bicyclic) bond motifs is 1. The Balaban J connectivity index is 1.78. The molecule has 0 unspecified atom stereocenters. The molecule has 1 amide bonds. The van der Waals surface area contributed by atoms with Crippen LogP contribution in [0.2, 0.25) is 0 Å². The molecule has 29 heavy (non-hydrogen) atoms. The summed E-state index contributed by atoms with van der Waals surface area (Å²) in [7, 11) is 3.42. The van der Waals surface area contributed by atoms with Gasteiger partial charge in [-0.25, -0.2) is 4.99 Å². The van der Waals surface area contributed by atoms with Crippen LogP contribution in [-0.2, 0) is 11.2 Å². The highest BCUT2D eigenvalue weighted by molar-refractivity contribution is 8.18. The minimum atomic E-state index is -0.0577. The van der Waals surface area contributed by atoms with E-state index in [2.05, 4.69) is 19.1 Å².